The van der Waals surface area contributed by atoms with Crippen LogP contribution in [0.1, 0.15) is 84.5 Å². The summed E-state index contributed by atoms with van der Waals surface area (Å²) in [6.07, 6.45) is 15.0. The molecule has 0 aliphatic rings. The number of allylic oxidation sites excluding steroid dienone is 1. The van der Waals surface area contributed by atoms with Gasteiger partial charge in [-0.1, -0.05) is 70.9 Å². The molecule has 0 saturated heterocycles. The molecule has 0 unspecified atom stereocenters. The van der Waals surface area contributed by atoms with Crippen LogP contribution in [-0.2, 0) is 0 Å². The van der Waals surface area contributed by atoms with E-state index in [9.17, 15) is 0 Å². The summed E-state index contributed by atoms with van der Waals surface area (Å²) < 4.78 is 0. The lowest BCUT2D eigenvalue weighted by atomic mass is 10.0. The quantitative estimate of drug-likeness (QED) is 0.295. The van der Waals surface area contributed by atoms with Crippen LogP contribution >= 0.6 is 0 Å². The van der Waals surface area contributed by atoms with Crippen molar-refractivity contribution >= 4 is 0 Å². The zero-order valence-electron chi connectivity index (χ0n) is 11.0. The van der Waals surface area contributed by atoms with E-state index in [1.165, 1.54) is 76.2 Å². The highest BCUT2D eigenvalue weighted by Gasteiger charge is 1.95. The SMILES string of the molecule is C=C(CCCC)CCCCCCCCC. The molecule has 0 N–H and O–H groups in total. The van der Waals surface area contributed by atoms with Gasteiger partial charge < -0.3 is 0 Å². The Morgan fingerprint density at radius 1 is 0.667 bits per heavy atom. The molecule has 0 aromatic rings. The fraction of sp³-hybridized carbons (Fsp3) is 0.867. The Labute approximate surface area is 97.2 Å². The van der Waals surface area contributed by atoms with Crippen LogP contribution in [0.2, 0.25) is 0 Å². The fourth-order valence-electron chi connectivity index (χ4n) is 1.88. The van der Waals surface area contributed by atoms with Gasteiger partial charge in [0, 0.05) is 0 Å². The van der Waals surface area contributed by atoms with Crippen molar-refractivity contribution in [2.45, 2.75) is 84.5 Å². The van der Waals surface area contributed by atoms with Crippen molar-refractivity contribution < 1.29 is 0 Å². The Morgan fingerprint density at radius 2 is 1.13 bits per heavy atom. The third kappa shape index (κ3) is 11.7. The predicted molar refractivity (Wildman–Crippen MR) is 71.3 cm³/mol. The van der Waals surface area contributed by atoms with Gasteiger partial charge in [0.2, 0.25) is 0 Å². The van der Waals surface area contributed by atoms with Crippen molar-refractivity contribution in [1.29, 1.82) is 0 Å². The van der Waals surface area contributed by atoms with E-state index >= 15 is 0 Å². The third-order valence-electron chi connectivity index (χ3n) is 3.02. The molecule has 0 aliphatic heterocycles. The van der Waals surface area contributed by atoms with Crippen LogP contribution in [0.25, 0.3) is 0 Å². The van der Waals surface area contributed by atoms with Gasteiger partial charge in [0.1, 0.15) is 0 Å². The van der Waals surface area contributed by atoms with E-state index in [-0.39, 0.29) is 0 Å². The van der Waals surface area contributed by atoms with E-state index in [1.54, 1.807) is 0 Å². The second-order valence-corrected chi connectivity index (χ2v) is 4.72. The number of hydrogen-bond acceptors (Lipinski definition) is 0. The molecular weight excluding hydrogens is 180 g/mol. The average Bonchev–Trinajstić information content (AvgIpc) is 2.25. The van der Waals surface area contributed by atoms with Crippen LogP contribution in [-0.4, -0.2) is 0 Å². The molecule has 0 atom stereocenters. The topological polar surface area (TPSA) is 0 Å². The van der Waals surface area contributed by atoms with Crippen LogP contribution in [0.3, 0.4) is 0 Å². The lowest BCUT2D eigenvalue weighted by Gasteiger charge is -2.04. The maximum absolute atomic E-state index is 4.14. The summed E-state index contributed by atoms with van der Waals surface area (Å²) in [4.78, 5) is 0. The van der Waals surface area contributed by atoms with Crippen molar-refractivity contribution in [3.63, 3.8) is 0 Å². The Morgan fingerprint density at radius 3 is 1.73 bits per heavy atom. The van der Waals surface area contributed by atoms with E-state index in [0.29, 0.717) is 0 Å². The van der Waals surface area contributed by atoms with Gasteiger partial charge in [0.25, 0.3) is 0 Å². The zero-order valence-corrected chi connectivity index (χ0v) is 11.0. The molecule has 0 amide bonds. The summed E-state index contributed by atoms with van der Waals surface area (Å²) in [7, 11) is 0. The van der Waals surface area contributed by atoms with Crippen molar-refractivity contribution in [3.8, 4) is 0 Å². The van der Waals surface area contributed by atoms with Crippen LogP contribution < -0.4 is 0 Å². The molecule has 0 fully saturated rings. The van der Waals surface area contributed by atoms with E-state index in [1.807, 2.05) is 0 Å². The highest BCUT2D eigenvalue weighted by molar-refractivity contribution is 4.93. The van der Waals surface area contributed by atoms with Crippen molar-refractivity contribution in [2.75, 3.05) is 0 Å². The second kappa shape index (κ2) is 11.8. The summed E-state index contributed by atoms with van der Waals surface area (Å²) in [5.74, 6) is 0. The number of unbranched alkanes of at least 4 members (excludes halogenated alkanes) is 7. The summed E-state index contributed by atoms with van der Waals surface area (Å²) in [5, 5.41) is 0. The molecule has 0 spiro atoms. The van der Waals surface area contributed by atoms with Crippen LogP contribution in [0.15, 0.2) is 12.2 Å². The first-order valence-corrected chi connectivity index (χ1v) is 6.97. The molecule has 0 heteroatoms. The molecule has 0 nitrogen and oxygen atoms in total. The molecule has 0 aromatic carbocycles. The molecule has 0 aliphatic carbocycles. The predicted octanol–water partition coefficient (Wildman–Crippen LogP) is 5.87. The molecule has 0 radical (unpaired) electrons. The third-order valence-corrected chi connectivity index (χ3v) is 3.02. The van der Waals surface area contributed by atoms with Gasteiger partial charge in [0.05, 0.1) is 0 Å². The smallest absolute Gasteiger partial charge is 0.0323 e. The Balaban J connectivity index is 3.06. The first-order chi connectivity index (χ1) is 7.31. The van der Waals surface area contributed by atoms with Crippen LogP contribution in [0.5, 0.6) is 0 Å². The van der Waals surface area contributed by atoms with E-state index in [2.05, 4.69) is 20.4 Å². The molecule has 0 heterocycles. The lowest BCUT2D eigenvalue weighted by Crippen LogP contribution is -1.84. The largest absolute Gasteiger partial charge is 0.0999 e. The van der Waals surface area contributed by atoms with Crippen molar-refractivity contribution in [1.82, 2.24) is 0 Å². The second-order valence-electron chi connectivity index (χ2n) is 4.72. The molecule has 0 saturated carbocycles. The van der Waals surface area contributed by atoms with Crippen molar-refractivity contribution in [2.24, 2.45) is 0 Å². The van der Waals surface area contributed by atoms with Crippen molar-refractivity contribution in [3.05, 3.63) is 12.2 Å². The monoisotopic (exact) mass is 210 g/mol. The molecule has 0 rings (SSSR count). The van der Waals surface area contributed by atoms with Crippen LogP contribution in [0, 0.1) is 0 Å². The van der Waals surface area contributed by atoms with Gasteiger partial charge in [-0.15, -0.1) is 0 Å². The zero-order chi connectivity index (χ0) is 11.4. The number of hydrogen-bond donors (Lipinski definition) is 0. The van der Waals surface area contributed by atoms with Gasteiger partial charge in [0.15, 0.2) is 0 Å². The first-order valence-electron chi connectivity index (χ1n) is 6.97. The van der Waals surface area contributed by atoms with Gasteiger partial charge in [-0.2, -0.15) is 0 Å². The summed E-state index contributed by atoms with van der Waals surface area (Å²) in [6.45, 7) is 8.67. The minimum Gasteiger partial charge on any atom is -0.0999 e. The van der Waals surface area contributed by atoms with Gasteiger partial charge >= 0.3 is 0 Å². The maximum Gasteiger partial charge on any atom is -0.0323 e. The molecule has 15 heavy (non-hydrogen) atoms. The van der Waals surface area contributed by atoms with Gasteiger partial charge in [-0.25, -0.2) is 0 Å². The Hall–Kier alpha value is -0.260. The summed E-state index contributed by atoms with van der Waals surface area (Å²) >= 11 is 0. The number of rotatable bonds is 11. The fourth-order valence-corrected chi connectivity index (χ4v) is 1.88. The minimum atomic E-state index is 1.26. The average molecular weight is 210 g/mol. The first kappa shape index (κ1) is 14.7. The Kier molecular flexibility index (Phi) is 11.6. The van der Waals surface area contributed by atoms with Crippen LogP contribution in [0.4, 0.5) is 0 Å². The normalized spacial score (nSPS) is 10.5. The summed E-state index contributed by atoms with van der Waals surface area (Å²) in [5.41, 5.74) is 1.48. The maximum atomic E-state index is 4.14. The highest BCUT2D eigenvalue weighted by atomic mass is 14.0. The van der Waals surface area contributed by atoms with Gasteiger partial charge in [-0.05, 0) is 25.7 Å². The molecule has 0 bridgehead atoms. The molecular formula is C15H30. The van der Waals surface area contributed by atoms with Gasteiger partial charge in [-0.3, -0.25) is 0 Å². The summed E-state index contributed by atoms with van der Waals surface area (Å²) in [6, 6.07) is 0. The Bertz CT molecular complexity index is 135. The minimum absolute atomic E-state index is 1.26. The highest BCUT2D eigenvalue weighted by Crippen LogP contribution is 2.15. The standard InChI is InChI=1S/C15H30/c1-4-6-8-9-10-11-12-14-15(3)13-7-5-2/h3-14H2,1-2H3. The molecule has 90 valence electrons. The lowest BCUT2D eigenvalue weighted by molar-refractivity contribution is 0.584. The van der Waals surface area contributed by atoms with E-state index < -0.39 is 0 Å². The molecule has 0 aromatic heterocycles. The van der Waals surface area contributed by atoms with E-state index in [4.69, 9.17) is 0 Å². The van der Waals surface area contributed by atoms with E-state index in [0.717, 1.165) is 0 Å².